The molecule has 1 aromatic carbocycles. The number of carbonyl (C=O) groups is 2. The summed E-state index contributed by atoms with van der Waals surface area (Å²) in [6, 6.07) is 8.76. The lowest BCUT2D eigenvalue weighted by atomic mass is 10.1. The van der Waals surface area contributed by atoms with Gasteiger partial charge in [-0.05, 0) is 47.1 Å². The van der Waals surface area contributed by atoms with Crippen molar-refractivity contribution in [2.45, 2.75) is 71.8 Å². The van der Waals surface area contributed by atoms with E-state index in [0.29, 0.717) is 0 Å². The predicted octanol–water partition coefficient (Wildman–Crippen LogP) is 3.71. The van der Waals surface area contributed by atoms with Gasteiger partial charge in [0.2, 0.25) is 0 Å². The van der Waals surface area contributed by atoms with Crippen molar-refractivity contribution in [3.8, 4) is 0 Å². The van der Waals surface area contributed by atoms with Gasteiger partial charge >= 0.3 is 11.9 Å². The molecular weight excluding hydrogens is 346 g/mol. The van der Waals surface area contributed by atoms with Crippen molar-refractivity contribution >= 4 is 11.9 Å². The molecule has 1 aromatic rings. The lowest BCUT2D eigenvalue weighted by Crippen LogP contribution is -2.39. The number of esters is 2. The molecule has 6 nitrogen and oxygen atoms in total. The molecule has 1 atom stereocenters. The van der Waals surface area contributed by atoms with Crippen molar-refractivity contribution < 1.29 is 23.9 Å². The average Bonchev–Trinajstić information content (AvgIpc) is 2.51. The van der Waals surface area contributed by atoms with Crippen LogP contribution >= 0.6 is 0 Å². The molecule has 0 amide bonds. The second-order valence-electron chi connectivity index (χ2n) is 8.26. The Morgan fingerprint density at radius 2 is 1.56 bits per heavy atom. The van der Waals surface area contributed by atoms with Gasteiger partial charge < -0.3 is 9.47 Å². The predicted molar refractivity (Wildman–Crippen MR) is 104 cm³/mol. The fourth-order valence-corrected chi connectivity index (χ4v) is 2.07. The first kappa shape index (κ1) is 22.9. The fraction of sp³-hybridized carbons (Fsp3) is 0.524. The smallest absolute Gasteiger partial charge is 0.335 e. The van der Waals surface area contributed by atoms with E-state index in [2.05, 4.69) is 12.1 Å². The topological polar surface area (TPSA) is 73.9 Å². The quantitative estimate of drug-likeness (QED) is 0.423. The molecule has 0 unspecified atom stereocenters. The number of benzene rings is 1. The van der Waals surface area contributed by atoms with Crippen LogP contribution in [-0.2, 0) is 30.5 Å². The van der Waals surface area contributed by atoms with E-state index in [4.69, 9.17) is 14.3 Å². The minimum atomic E-state index is -0.765. The summed E-state index contributed by atoms with van der Waals surface area (Å²) in [5.41, 5.74) is 2.51. The molecular formula is C21H31NO5. The van der Waals surface area contributed by atoms with E-state index >= 15 is 0 Å². The van der Waals surface area contributed by atoms with Crippen LogP contribution in [0.25, 0.3) is 0 Å². The lowest BCUT2D eigenvalue weighted by Gasteiger charge is -2.25. The third-order valence-corrected chi connectivity index (χ3v) is 3.18. The maximum Gasteiger partial charge on any atom is 0.335 e. The molecule has 0 aromatic heterocycles. The molecule has 0 saturated heterocycles. The molecule has 0 aliphatic carbocycles. The lowest BCUT2D eigenvalue weighted by molar-refractivity contribution is -0.156. The number of carbonyl (C=O) groups excluding carboxylic acids is 2. The third-order valence-electron chi connectivity index (χ3n) is 3.18. The van der Waals surface area contributed by atoms with Crippen LogP contribution in [0.4, 0.5) is 0 Å². The van der Waals surface area contributed by atoms with E-state index in [9.17, 15) is 9.59 Å². The van der Waals surface area contributed by atoms with Crippen LogP contribution in [0.1, 0.15) is 53.5 Å². The van der Waals surface area contributed by atoms with E-state index in [1.807, 2.05) is 30.3 Å². The molecule has 0 saturated carbocycles. The highest BCUT2D eigenvalue weighted by atomic mass is 16.6. The van der Waals surface area contributed by atoms with E-state index in [1.54, 1.807) is 41.5 Å². The number of ether oxygens (including phenoxy) is 2. The highest BCUT2D eigenvalue weighted by molar-refractivity contribution is 5.90. The zero-order valence-electron chi connectivity index (χ0n) is 17.1. The summed E-state index contributed by atoms with van der Waals surface area (Å²) >= 11 is 0. The number of hydrogen-bond acceptors (Lipinski definition) is 6. The van der Waals surface area contributed by atoms with Crippen LogP contribution < -0.4 is 5.48 Å². The first-order valence-electron chi connectivity index (χ1n) is 8.92. The SMILES string of the molecule is C=C(C(=O)OC(C)(C)C)[C@H](CC(=O)OC(C)(C)C)NOCc1ccccc1. The third kappa shape index (κ3) is 9.92. The summed E-state index contributed by atoms with van der Waals surface area (Å²) in [6.07, 6.45) is -0.107. The Kier molecular flexibility index (Phi) is 8.19. The maximum atomic E-state index is 12.3. The second-order valence-corrected chi connectivity index (χ2v) is 8.26. The molecule has 0 heterocycles. The Balaban J connectivity index is 2.76. The van der Waals surface area contributed by atoms with Crippen LogP contribution in [0.2, 0.25) is 0 Å². The average molecular weight is 377 g/mol. The summed E-state index contributed by atoms with van der Waals surface area (Å²) in [7, 11) is 0. The largest absolute Gasteiger partial charge is 0.460 e. The van der Waals surface area contributed by atoms with Gasteiger partial charge in [-0.1, -0.05) is 36.9 Å². The summed E-state index contributed by atoms with van der Waals surface area (Å²) in [6.45, 7) is 14.7. The van der Waals surface area contributed by atoms with Crippen molar-refractivity contribution in [1.29, 1.82) is 0 Å². The van der Waals surface area contributed by atoms with Crippen LogP contribution in [0.3, 0.4) is 0 Å². The summed E-state index contributed by atoms with van der Waals surface area (Å²) < 4.78 is 10.7. The van der Waals surface area contributed by atoms with Gasteiger partial charge in [-0.15, -0.1) is 0 Å². The van der Waals surface area contributed by atoms with Gasteiger partial charge in [-0.2, -0.15) is 5.48 Å². The Labute approximate surface area is 161 Å². The second kappa shape index (κ2) is 9.67. The van der Waals surface area contributed by atoms with E-state index in [-0.39, 0.29) is 18.6 Å². The summed E-state index contributed by atoms with van der Waals surface area (Å²) in [5.74, 6) is -1.06. The van der Waals surface area contributed by atoms with Crippen molar-refractivity contribution in [1.82, 2.24) is 5.48 Å². The first-order valence-corrected chi connectivity index (χ1v) is 8.92. The molecule has 6 heteroatoms. The van der Waals surface area contributed by atoms with Gasteiger partial charge in [-0.25, -0.2) is 4.79 Å². The standard InChI is InChI=1S/C21H31NO5/c1-15(19(24)27-21(5,6)7)17(13-18(23)26-20(2,3)4)22-25-14-16-11-9-8-10-12-16/h8-12,17,22H,1,13-14H2,2-7H3/t17-/m0/s1. The Hall–Kier alpha value is -2.18. The highest BCUT2D eigenvalue weighted by Crippen LogP contribution is 2.16. The number of hydroxylamine groups is 1. The van der Waals surface area contributed by atoms with E-state index in [0.717, 1.165) is 5.56 Å². The molecule has 150 valence electrons. The normalized spacial score (nSPS) is 13.0. The minimum Gasteiger partial charge on any atom is -0.460 e. The van der Waals surface area contributed by atoms with Gasteiger partial charge in [0.05, 0.1) is 19.1 Å². The summed E-state index contributed by atoms with van der Waals surface area (Å²) in [4.78, 5) is 30.0. The van der Waals surface area contributed by atoms with Gasteiger partial charge in [0, 0.05) is 5.57 Å². The molecule has 0 fully saturated rings. The van der Waals surface area contributed by atoms with Crippen molar-refractivity contribution in [2.24, 2.45) is 0 Å². The van der Waals surface area contributed by atoms with Gasteiger partial charge in [-0.3, -0.25) is 9.63 Å². The molecule has 0 spiro atoms. The van der Waals surface area contributed by atoms with Gasteiger partial charge in [0.1, 0.15) is 11.2 Å². The number of nitrogens with one attached hydrogen (secondary N) is 1. The Bertz CT molecular complexity index is 641. The zero-order valence-corrected chi connectivity index (χ0v) is 17.1. The fourth-order valence-electron chi connectivity index (χ4n) is 2.07. The monoisotopic (exact) mass is 377 g/mol. The van der Waals surface area contributed by atoms with Gasteiger partial charge in [0.25, 0.3) is 0 Å². The van der Waals surface area contributed by atoms with Crippen LogP contribution in [0, 0.1) is 0 Å². The Morgan fingerprint density at radius 1 is 1.00 bits per heavy atom. The highest BCUT2D eigenvalue weighted by Gasteiger charge is 2.28. The van der Waals surface area contributed by atoms with Crippen LogP contribution in [0.15, 0.2) is 42.5 Å². The number of hydrogen-bond donors (Lipinski definition) is 1. The molecule has 0 radical (unpaired) electrons. The molecule has 1 rings (SSSR count). The van der Waals surface area contributed by atoms with Gasteiger partial charge in [0.15, 0.2) is 0 Å². The first-order chi connectivity index (χ1) is 12.4. The van der Waals surface area contributed by atoms with Crippen LogP contribution in [-0.4, -0.2) is 29.2 Å². The van der Waals surface area contributed by atoms with E-state index < -0.39 is 29.2 Å². The Morgan fingerprint density at radius 3 is 2.07 bits per heavy atom. The van der Waals surface area contributed by atoms with Crippen molar-refractivity contribution in [2.75, 3.05) is 0 Å². The summed E-state index contributed by atoms with van der Waals surface area (Å²) in [5, 5.41) is 0. The molecule has 27 heavy (non-hydrogen) atoms. The molecule has 0 bridgehead atoms. The molecule has 0 aliphatic rings. The zero-order chi connectivity index (χ0) is 20.7. The molecule has 0 aliphatic heterocycles. The van der Waals surface area contributed by atoms with Crippen LogP contribution in [0.5, 0.6) is 0 Å². The molecule has 1 N–H and O–H groups in total. The van der Waals surface area contributed by atoms with Crippen molar-refractivity contribution in [3.63, 3.8) is 0 Å². The maximum absolute atomic E-state index is 12.3. The minimum absolute atomic E-state index is 0.101. The number of rotatable bonds is 8. The van der Waals surface area contributed by atoms with Crippen molar-refractivity contribution in [3.05, 3.63) is 48.0 Å². The van der Waals surface area contributed by atoms with E-state index in [1.165, 1.54) is 0 Å².